The Morgan fingerprint density at radius 3 is 2.24 bits per heavy atom. The van der Waals surface area contributed by atoms with Crippen LogP contribution in [0.3, 0.4) is 0 Å². The average molecular weight is 483 g/mol. The van der Waals surface area contributed by atoms with Crippen LogP contribution in [0.5, 0.6) is 5.75 Å². The Balaban J connectivity index is 1.91. The smallest absolute Gasteiger partial charge is 0.261 e. The number of para-hydroxylation sites is 1. The van der Waals surface area contributed by atoms with Gasteiger partial charge in [0.25, 0.3) is 5.91 Å². The second-order valence-electron chi connectivity index (χ2n) is 8.24. The zero-order chi connectivity index (χ0) is 24.5. The van der Waals surface area contributed by atoms with E-state index in [2.05, 4.69) is 5.32 Å². The molecular formula is C27H28ClFN2O3. The first-order chi connectivity index (χ1) is 16.3. The second-order valence-corrected chi connectivity index (χ2v) is 8.64. The lowest BCUT2D eigenvalue weighted by Crippen LogP contribution is -2.52. The minimum atomic E-state index is -0.794. The van der Waals surface area contributed by atoms with E-state index in [1.807, 2.05) is 44.2 Å². The van der Waals surface area contributed by atoms with Gasteiger partial charge in [0.1, 0.15) is 17.6 Å². The summed E-state index contributed by atoms with van der Waals surface area (Å²) in [6.07, 6.45) is 0.318. The molecule has 0 saturated carbocycles. The van der Waals surface area contributed by atoms with Crippen LogP contribution in [0.25, 0.3) is 0 Å². The molecule has 0 aliphatic rings. The van der Waals surface area contributed by atoms with Gasteiger partial charge in [-0.05, 0) is 49.2 Å². The van der Waals surface area contributed by atoms with Gasteiger partial charge in [-0.15, -0.1) is 0 Å². The summed E-state index contributed by atoms with van der Waals surface area (Å²) in [6.45, 7) is 3.55. The molecule has 3 aromatic carbocycles. The quantitative estimate of drug-likeness (QED) is 0.441. The van der Waals surface area contributed by atoms with Crippen LogP contribution < -0.4 is 10.1 Å². The summed E-state index contributed by atoms with van der Waals surface area (Å²) in [5, 5.41) is 3.31. The van der Waals surface area contributed by atoms with E-state index in [9.17, 15) is 14.0 Å². The molecule has 1 unspecified atom stereocenters. The van der Waals surface area contributed by atoms with Crippen LogP contribution in [-0.4, -0.2) is 35.4 Å². The van der Waals surface area contributed by atoms with Crippen molar-refractivity contribution in [2.75, 3.05) is 6.61 Å². The van der Waals surface area contributed by atoms with Crippen molar-refractivity contribution in [3.63, 3.8) is 0 Å². The van der Waals surface area contributed by atoms with Gasteiger partial charge in [-0.3, -0.25) is 9.59 Å². The molecule has 0 radical (unpaired) electrons. The molecule has 0 spiro atoms. The summed E-state index contributed by atoms with van der Waals surface area (Å²) in [5.74, 6) is -0.649. The largest absolute Gasteiger partial charge is 0.482 e. The lowest BCUT2D eigenvalue weighted by Gasteiger charge is -2.32. The number of nitrogens with zero attached hydrogens (tertiary/aromatic N) is 1. The maximum Gasteiger partial charge on any atom is 0.261 e. The zero-order valence-electron chi connectivity index (χ0n) is 19.2. The van der Waals surface area contributed by atoms with Crippen molar-refractivity contribution in [2.45, 2.75) is 38.9 Å². The van der Waals surface area contributed by atoms with Gasteiger partial charge in [0, 0.05) is 19.0 Å². The number of carbonyl (C=O) groups excluding carboxylic acids is 2. The lowest BCUT2D eigenvalue weighted by molar-refractivity contribution is -0.143. The highest BCUT2D eigenvalue weighted by molar-refractivity contribution is 6.32. The monoisotopic (exact) mass is 482 g/mol. The Hall–Kier alpha value is -3.38. The predicted molar refractivity (Wildman–Crippen MR) is 131 cm³/mol. The standard InChI is InChI=1S/C27H28ClFN2O3/c1-19(2)30-27(33)24(16-20-8-4-3-5-9-20)31(17-21-12-14-22(29)15-13-21)26(32)18-34-25-11-7-6-10-23(25)28/h3-15,19,24H,16-18H2,1-2H3,(H,30,33). The number of ether oxygens (including phenoxy) is 1. The highest BCUT2D eigenvalue weighted by Gasteiger charge is 2.31. The minimum Gasteiger partial charge on any atom is -0.482 e. The van der Waals surface area contributed by atoms with Crippen molar-refractivity contribution in [2.24, 2.45) is 0 Å². The Kier molecular flexibility index (Phi) is 9.05. The van der Waals surface area contributed by atoms with Crippen molar-refractivity contribution in [3.8, 4) is 5.75 Å². The SMILES string of the molecule is CC(C)NC(=O)C(Cc1ccccc1)N(Cc1ccc(F)cc1)C(=O)COc1ccccc1Cl. The van der Waals surface area contributed by atoms with E-state index >= 15 is 0 Å². The summed E-state index contributed by atoms with van der Waals surface area (Å²) < 4.78 is 19.2. The van der Waals surface area contributed by atoms with Crippen molar-refractivity contribution in [1.82, 2.24) is 10.2 Å². The first-order valence-corrected chi connectivity index (χ1v) is 11.5. The number of rotatable bonds is 10. The van der Waals surface area contributed by atoms with Crippen molar-refractivity contribution in [3.05, 3.63) is 101 Å². The summed E-state index contributed by atoms with van der Waals surface area (Å²) in [6, 6.07) is 21.3. The Labute approximate surface area is 204 Å². The van der Waals surface area contributed by atoms with Crippen molar-refractivity contribution < 1.29 is 18.7 Å². The number of nitrogens with one attached hydrogen (secondary N) is 1. The molecule has 0 heterocycles. The number of amides is 2. The van der Waals surface area contributed by atoms with Gasteiger partial charge in [-0.2, -0.15) is 0 Å². The Bertz CT molecular complexity index is 1090. The molecule has 0 aromatic heterocycles. The highest BCUT2D eigenvalue weighted by atomic mass is 35.5. The molecular weight excluding hydrogens is 455 g/mol. The summed E-state index contributed by atoms with van der Waals surface area (Å²) >= 11 is 6.16. The molecule has 3 aromatic rings. The van der Waals surface area contributed by atoms with Crippen LogP contribution in [0.15, 0.2) is 78.9 Å². The molecule has 3 rings (SSSR count). The minimum absolute atomic E-state index is 0.104. The van der Waals surface area contributed by atoms with E-state index in [0.717, 1.165) is 5.56 Å². The zero-order valence-corrected chi connectivity index (χ0v) is 20.0. The number of carbonyl (C=O) groups is 2. The predicted octanol–water partition coefficient (Wildman–Crippen LogP) is 5.02. The average Bonchev–Trinajstić information content (AvgIpc) is 2.82. The number of benzene rings is 3. The lowest BCUT2D eigenvalue weighted by atomic mass is 10.0. The Morgan fingerprint density at radius 2 is 1.59 bits per heavy atom. The van der Waals surface area contributed by atoms with Crippen LogP contribution >= 0.6 is 11.6 Å². The van der Waals surface area contributed by atoms with Crippen LogP contribution in [0.4, 0.5) is 4.39 Å². The van der Waals surface area contributed by atoms with Crippen LogP contribution in [0, 0.1) is 5.82 Å². The fourth-order valence-corrected chi connectivity index (χ4v) is 3.70. The molecule has 0 aliphatic carbocycles. The molecule has 1 N–H and O–H groups in total. The molecule has 0 bridgehead atoms. The van der Waals surface area contributed by atoms with E-state index in [4.69, 9.17) is 16.3 Å². The van der Waals surface area contributed by atoms with Gasteiger partial charge in [-0.1, -0.05) is 66.2 Å². The van der Waals surface area contributed by atoms with E-state index < -0.39 is 6.04 Å². The first-order valence-electron chi connectivity index (χ1n) is 11.1. The van der Waals surface area contributed by atoms with E-state index in [0.29, 0.717) is 22.8 Å². The number of hydrogen-bond acceptors (Lipinski definition) is 3. The third-order valence-corrected chi connectivity index (χ3v) is 5.47. The van der Waals surface area contributed by atoms with Crippen LogP contribution in [0.1, 0.15) is 25.0 Å². The van der Waals surface area contributed by atoms with Crippen molar-refractivity contribution in [1.29, 1.82) is 0 Å². The molecule has 7 heteroatoms. The highest BCUT2D eigenvalue weighted by Crippen LogP contribution is 2.23. The molecule has 0 saturated heterocycles. The summed E-state index contributed by atoms with van der Waals surface area (Å²) in [5.41, 5.74) is 1.61. The third kappa shape index (κ3) is 7.32. The maximum absolute atomic E-state index is 13.5. The van der Waals surface area contributed by atoms with E-state index in [1.165, 1.54) is 17.0 Å². The molecule has 178 valence electrons. The van der Waals surface area contributed by atoms with E-state index in [1.54, 1.807) is 36.4 Å². The van der Waals surface area contributed by atoms with Gasteiger partial charge in [0.2, 0.25) is 5.91 Å². The molecule has 5 nitrogen and oxygen atoms in total. The molecule has 1 atom stereocenters. The molecule has 34 heavy (non-hydrogen) atoms. The number of hydrogen-bond donors (Lipinski definition) is 1. The topological polar surface area (TPSA) is 58.6 Å². The van der Waals surface area contributed by atoms with E-state index in [-0.39, 0.29) is 36.8 Å². The van der Waals surface area contributed by atoms with Gasteiger partial charge in [0.15, 0.2) is 6.61 Å². The second kappa shape index (κ2) is 12.2. The molecule has 0 fully saturated rings. The van der Waals surface area contributed by atoms with Crippen LogP contribution in [0.2, 0.25) is 5.02 Å². The Morgan fingerprint density at radius 1 is 0.941 bits per heavy atom. The van der Waals surface area contributed by atoms with Crippen molar-refractivity contribution >= 4 is 23.4 Å². The van der Waals surface area contributed by atoms with Gasteiger partial charge < -0.3 is 15.0 Å². The third-order valence-electron chi connectivity index (χ3n) is 5.16. The normalized spacial score (nSPS) is 11.7. The molecule has 0 aliphatic heterocycles. The number of halogens is 2. The van der Waals surface area contributed by atoms with Gasteiger partial charge in [0.05, 0.1) is 5.02 Å². The maximum atomic E-state index is 13.5. The summed E-state index contributed by atoms with van der Waals surface area (Å²) in [4.78, 5) is 28.2. The van der Waals surface area contributed by atoms with Gasteiger partial charge >= 0.3 is 0 Å². The fourth-order valence-electron chi connectivity index (χ4n) is 3.51. The van der Waals surface area contributed by atoms with Gasteiger partial charge in [-0.25, -0.2) is 4.39 Å². The first kappa shape index (κ1) is 25.2. The molecule has 2 amide bonds. The fraction of sp³-hybridized carbons (Fsp3) is 0.259. The summed E-state index contributed by atoms with van der Waals surface area (Å²) in [7, 11) is 0. The van der Waals surface area contributed by atoms with Crippen LogP contribution in [-0.2, 0) is 22.6 Å².